The Morgan fingerprint density at radius 1 is 1.06 bits per heavy atom. The van der Waals surface area contributed by atoms with Crippen molar-refractivity contribution in [3.05, 3.63) is 59.8 Å². The zero-order valence-corrected chi connectivity index (χ0v) is 11.0. The minimum absolute atomic E-state index is 0.659. The standard InChI is InChI=1S/C14H14ClNS/c15-8-10-17-14-13(7-4-9-16-14)11-12-5-2-1-3-6-12/h1-7,9H,8,10-11H2. The largest absolute Gasteiger partial charge is 0.250 e. The van der Waals surface area contributed by atoms with E-state index in [2.05, 4.69) is 35.3 Å². The van der Waals surface area contributed by atoms with Crippen LogP contribution < -0.4 is 0 Å². The number of aromatic nitrogens is 1. The van der Waals surface area contributed by atoms with Gasteiger partial charge >= 0.3 is 0 Å². The van der Waals surface area contributed by atoms with E-state index in [4.69, 9.17) is 11.6 Å². The van der Waals surface area contributed by atoms with Gasteiger partial charge in [-0.05, 0) is 17.2 Å². The number of thioether (sulfide) groups is 1. The van der Waals surface area contributed by atoms with Crippen LogP contribution in [-0.4, -0.2) is 16.6 Å². The Kier molecular flexibility index (Phi) is 4.89. The molecule has 2 aromatic rings. The molecular weight excluding hydrogens is 250 g/mol. The Balaban J connectivity index is 2.15. The summed E-state index contributed by atoms with van der Waals surface area (Å²) in [5, 5.41) is 1.09. The van der Waals surface area contributed by atoms with Crippen molar-refractivity contribution in [2.24, 2.45) is 0 Å². The summed E-state index contributed by atoms with van der Waals surface area (Å²) in [4.78, 5) is 4.42. The SMILES string of the molecule is ClCCSc1ncccc1Cc1ccccc1. The molecule has 0 N–H and O–H groups in total. The zero-order chi connectivity index (χ0) is 11.9. The molecule has 0 radical (unpaired) electrons. The normalized spacial score (nSPS) is 10.4. The lowest BCUT2D eigenvalue weighted by Crippen LogP contribution is -1.94. The van der Waals surface area contributed by atoms with E-state index in [-0.39, 0.29) is 0 Å². The Bertz CT molecular complexity index is 459. The lowest BCUT2D eigenvalue weighted by Gasteiger charge is -2.07. The van der Waals surface area contributed by atoms with Crippen LogP contribution >= 0.6 is 23.4 Å². The molecule has 0 bridgehead atoms. The van der Waals surface area contributed by atoms with Crippen LogP contribution in [0.4, 0.5) is 0 Å². The van der Waals surface area contributed by atoms with Crippen LogP contribution in [0, 0.1) is 0 Å². The fourth-order valence-electron chi connectivity index (χ4n) is 1.64. The minimum atomic E-state index is 0.659. The first kappa shape index (κ1) is 12.5. The quantitative estimate of drug-likeness (QED) is 0.597. The Hall–Kier alpha value is -0.990. The highest BCUT2D eigenvalue weighted by molar-refractivity contribution is 7.99. The first-order valence-electron chi connectivity index (χ1n) is 5.56. The van der Waals surface area contributed by atoms with Gasteiger partial charge in [-0.3, -0.25) is 0 Å². The third kappa shape index (κ3) is 3.76. The first-order valence-corrected chi connectivity index (χ1v) is 7.09. The third-order valence-corrected chi connectivity index (χ3v) is 3.87. The summed E-state index contributed by atoms with van der Waals surface area (Å²) >= 11 is 7.44. The average molecular weight is 264 g/mol. The molecule has 0 fully saturated rings. The van der Waals surface area contributed by atoms with Crippen molar-refractivity contribution in [2.75, 3.05) is 11.6 Å². The first-order chi connectivity index (χ1) is 8.40. The number of hydrogen-bond donors (Lipinski definition) is 0. The highest BCUT2D eigenvalue weighted by atomic mass is 35.5. The molecular formula is C14H14ClNS. The van der Waals surface area contributed by atoms with Gasteiger partial charge in [0.15, 0.2) is 0 Å². The number of benzene rings is 1. The Morgan fingerprint density at radius 3 is 2.65 bits per heavy atom. The molecule has 1 heterocycles. The van der Waals surface area contributed by atoms with Crippen molar-refractivity contribution in [1.29, 1.82) is 0 Å². The van der Waals surface area contributed by atoms with Gasteiger partial charge in [-0.15, -0.1) is 23.4 Å². The van der Waals surface area contributed by atoms with Crippen LogP contribution in [0.25, 0.3) is 0 Å². The molecule has 17 heavy (non-hydrogen) atoms. The maximum atomic E-state index is 5.72. The van der Waals surface area contributed by atoms with E-state index in [1.54, 1.807) is 11.8 Å². The summed E-state index contributed by atoms with van der Waals surface area (Å²) in [5.41, 5.74) is 2.59. The average Bonchev–Trinajstić information content (AvgIpc) is 2.39. The van der Waals surface area contributed by atoms with Gasteiger partial charge in [-0.2, -0.15) is 0 Å². The van der Waals surface area contributed by atoms with Crippen molar-refractivity contribution in [2.45, 2.75) is 11.4 Å². The molecule has 88 valence electrons. The fraction of sp³-hybridized carbons (Fsp3) is 0.214. The molecule has 2 rings (SSSR count). The van der Waals surface area contributed by atoms with Gasteiger partial charge in [0.05, 0.1) is 5.03 Å². The van der Waals surface area contributed by atoms with Crippen LogP contribution in [0.5, 0.6) is 0 Å². The van der Waals surface area contributed by atoms with Crippen LogP contribution in [0.2, 0.25) is 0 Å². The van der Waals surface area contributed by atoms with Crippen molar-refractivity contribution >= 4 is 23.4 Å². The van der Waals surface area contributed by atoms with Gasteiger partial charge in [0, 0.05) is 24.3 Å². The van der Waals surface area contributed by atoms with E-state index in [1.165, 1.54) is 11.1 Å². The molecule has 0 aliphatic carbocycles. The van der Waals surface area contributed by atoms with E-state index < -0.39 is 0 Å². The second kappa shape index (κ2) is 6.67. The highest BCUT2D eigenvalue weighted by Gasteiger charge is 2.04. The predicted molar refractivity (Wildman–Crippen MR) is 74.9 cm³/mol. The molecule has 0 aliphatic rings. The molecule has 1 aromatic heterocycles. The van der Waals surface area contributed by atoms with E-state index >= 15 is 0 Å². The Labute approximate surface area is 111 Å². The van der Waals surface area contributed by atoms with Crippen LogP contribution in [0.1, 0.15) is 11.1 Å². The van der Waals surface area contributed by atoms with Gasteiger partial charge in [0.25, 0.3) is 0 Å². The monoisotopic (exact) mass is 263 g/mol. The lowest BCUT2D eigenvalue weighted by molar-refractivity contribution is 1.02. The topological polar surface area (TPSA) is 12.9 Å². The van der Waals surface area contributed by atoms with Gasteiger partial charge in [-0.1, -0.05) is 36.4 Å². The molecule has 0 atom stereocenters. The fourth-order valence-corrected chi connectivity index (χ4v) is 2.60. The number of hydrogen-bond acceptors (Lipinski definition) is 2. The van der Waals surface area contributed by atoms with Crippen molar-refractivity contribution < 1.29 is 0 Å². The number of rotatable bonds is 5. The summed E-state index contributed by atoms with van der Waals surface area (Å²) < 4.78 is 0. The molecule has 1 nitrogen and oxygen atoms in total. The predicted octanol–water partition coefficient (Wildman–Crippen LogP) is 4.00. The molecule has 0 spiro atoms. The smallest absolute Gasteiger partial charge is 0.0995 e. The summed E-state index contributed by atoms with van der Waals surface area (Å²) in [6, 6.07) is 14.6. The summed E-state index contributed by atoms with van der Waals surface area (Å²) in [6.07, 6.45) is 2.77. The van der Waals surface area contributed by atoms with Crippen LogP contribution in [0.3, 0.4) is 0 Å². The molecule has 0 saturated heterocycles. The van der Waals surface area contributed by atoms with E-state index in [0.29, 0.717) is 5.88 Å². The van der Waals surface area contributed by atoms with Crippen LogP contribution in [-0.2, 0) is 6.42 Å². The number of nitrogens with zero attached hydrogens (tertiary/aromatic N) is 1. The lowest BCUT2D eigenvalue weighted by atomic mass is 10.1. The van der Waals surface area contributed by atoms with Gasteiger partial charge in [0.1, 0.15) is 0 Å². The summed E-state index contributed by atoms with van der Waals surface area (Å²) in [5.74, 6) is 1.56. The Morgan fingerprint density at radius 2 is 1.88 bits per heavy atom. The molecule has 0 unspecified atom stereocenters. The highest BCUT2D eigenvalue weighted by Crippen LogP contribution is 2.22. The van der Waals surface area contributed by atoms with Crippen molar-refractivity contribution in [3.8, 4) is 0 Å². The number of alkyl halides is 1. The maximum Gasteiger partial charge on any atom is 0.0995 e. The third-order valence-electron chi connectivity index (χ3n) is 2.40. The minimum Gasteiger partial charge on any atom is -0.250 e. The van der Waals surface area contributed by atoms with Crippen molar-refractivity contribution in [1.82, 2.24) is 4.98 Å². The van der Waals surface area contributed by atoms with E-state index in [9.17, 15) is 0 Å². The molecule has 0 amide bonds. The van der Waals surface area contributed by atoms with Gasteiger partial charge in [-0.25, -0.2) is 4.98 Å². The van der Waals surface area contributed by atoms with Crippen LogP contribution in [0.15, 0.2) is 53.7 Å². The molecule has 1 aromatic carbocycles. The van der Waals surface area contributed by atoms with Crippen molar-refractivity contribution in [3.63, 3.8) is 0 Å². The second-order valence-corrected chi connectivity index (χ2v) is 5.13. The number of halogens is 1. The second-order valence-electron chi connectivity index (χ2n) is 3.67. The van der Waals surface area contributed by atoms with E-state index in [1.807, 2.05) is 18.3 Å². The summed E-state index contributed by atoms with van der Waals surface area (Å²) in [6.45, 7) is 0. The molecule has 0 saturated carbocycles. The van der Waals surface area contributed by atoms with Gasteiger partial charge in [0.2, 0.25) is 0 Å². The van der Waals surface area contributed by atoms with E-state index in [0.717, 1.165) is 17.2 Å². The molecule has 0 aliphatic heterocycles. The molecule has 3 heteroatoms. The maximum absolute atomic E-state index is 5.72. The summed E-state index contributed by atoms with van der Waals surface area (Å²) in [7, 11) is 0. The number of pyridine rings is 1. The van der Waals surface area contributed by atoms with Gasteiger partial charge < -0.3 is 0 Å². The zero-order valence-electron chi connectivity index (χ0n) is 9.47.